The summed E-state index contributed by atoms with van der Waals surface area (Å²) < 4.78 is 0. The lowest BCUT2D eigenvalue weighted by molar-refractivity contribution is -0.125. The number of carbonyl (C=O) groups excluding carboxylic acids is 3. The lowest BCUT2D eigenvalue weighted by Crippen LogP contribution is -2.41. The van der Waals surface area contributed by atoms with Crippen molar-refractivity contribution in [3.8, 4) is 0 Å². The molecule has 146 valence electrons. The number of likely N-dealkylation sites (N-methyl/N-ethyl adjacent to an activating group) is 1. The Kier molecular flexibility index (Phi) is 13.0. The van der Waals surface area contributed by atoms with Crippen molar-refractivity contribution in [2.24, 2.45) is 11.8 Å². The SMILES string of the molecule is CC(C)CCCCNC(=O)CN(C)CC(=O)NCCCC(=O)C(C)C. The third-order valence-corrected chi connectivity index (χ3v) is 3.92. The molecule has 0 aromatic heterocycles. The Morgan fingerprint density at radius 3 is 1.84 bits per heavy atom. The monoisotopic (exact) mass is 355 g/mol. The van der Waals surface area contributed by atoms with E-state index in [2.05, 4.69) is 24.5 Å². The number of nitrogens with zero attached hydrogens (tertiary/aromatic N) is 1. The van der Waals surface area contributed by atoms with Crippen LogP contribution in [0.3, 0.4) is 0 Å². The molecule has 0 saturated carbocycles. The van der Waals surface area contributed by atoms with Crippen LogP contribution in [-0.4, -0.2) is 55.7 Å². The van der Waals surface area contributed by atoms with Crippen LogP contribution in [0.5, 0.6) is 0 Å². The molecule has 6 heteroatoms. The summed E-state index contributed by atoms with van der Waals surface area (Å²) in [5, 5.41) is 5.67. The van der Waals surface area contributed by atoms with Gasteiger partial charge < -0.3 is 10.6 Å². The van der Waals surface area contributed by atoms with Gasteiger partial charge in [0.15, 0.2) is 0 Å². The van der Waals surface area contributed by atoms with Gasteiger partial charge >= 0.3 is 0 Å². The molecule has 0 rings (SSSR count). The summed E-state index contributed by atoms with van der Waals surface area (Å²) in [5.74, 6) is 0.789. The maximum atomic E-state index is 11.8. The average molecular weight is 356 g/mol. The van der Waals surface area contributed by atoms with Crippen molar-refractivity contribution >= 4 is 17.6 Å². The van der Waals surface area contributed by atoms with Crippen molar-refractivity contribution in [2.75, 3.05) is 33.2 Å². The van der Waals surface area contributed by atoms with Crippen LogP contribution < -0.4 is 10.6 Å². The van der Waals surface area contributed by atoms with Crippen molar-refractivity contribution in [1.82, 2.24) is 15.5 Å². The van der Waals surface area contributed by atoms with Crippen molar-refractivity contribution in [1.29, 1.82) is 0 Å². The van der Waals surface area contributed by atoms with Crippen LogP contribution in [0.2, 0.25) is 0 Å². The summed E-state index contributed by atoms with van der Waals surface area (Å²) in [6, 6.07) is 0. The van der Waals surface area contributed by atoms with Crippen molar-refractivity contribution < 1.29 is 14.4 Å². The van der Waals surface area contributed by atoms with Crippen LogP contribution >= 0.6 is 0 Å². The highest BCUT2D eigenvalue weighted by atomic mass is 16.2. The molecule has 0 aliphatic heterocycles. The van der Waals surface area contributed by atoms with Gasteiger partial charge in [0.2, 0.25) is 11.8 Å². The van der Waals surface area contributed by atoms with Crippen LogP contribution in [-0.2, 0) is 14.4 Å². The molecule has 0 fully saturated rings. The highest BCUT2D eigenvalue weighted by molar-refractivity contribution is 5.81. The quantitative estimate of drug-likeness (QED) is 0.467. The lowest BCUT2D eigenvalue weighted by Gasteiger charge is -2.16. The van der Waals surface area contributed by atoms with Gasteiger partial charge in [-0.1, -0.05) is 40.5 Å². The third-order valence-electron chi connectivity index (χ3n) is 3.92. The van der Waals surface area contributed by atoms with Crippen molar-refractivity contribution in [2.45, 2.75) is 59.8 Å². The van der Waals surface area contributed by atoms with E-state index in [-0.39, 0.29) is 36.6 Å². The lowest BCUT2D eigenvalue weighted by atomic mass is 10.0. The maximum absolute atomic E-state index is 11.8. The normalized spacial score (nSPS) is 11.2. The Labute approximate surface area is 153 Å². The fourth-order valence-electron chi connectivity index (χ4n) is 2.34. The number of hydrogen-bond donors (Lipinski definition) is 2. The largest absolute Gasteiger partial charge is 0.355 e. The number of nitrogens with one attached hydrogen (secondary N) is 2. The summed E-state index contributed by atoms with van der Waals surface area (Å²) in [5.41, 5.74) is 0. The van der Waals surface area contributed by atoms with Crippen molar-refractivity contribution in [3.63, 3.8) is 0 Å². The fourth-order valence-corrected chi connectivity index (χ4v) is 2.34. The van der Waals surface area contributed by atoms with Gasteiger partial charge in [-0.15, -0.1) is 0 Å². The topological polar surface area (TPSA) is 78.5 Å². The summed E-state index contributed by atoms with van der Waals surface area (Å²) in [7, 11) is 1.75. The molecule has 0 aliphatic carbocycles. The second-order valence-electron chi connectivity index (χ2n) is 7.49. The molecule has 0 atom stereocenters. The van der Waals surface area contributed by atoms with E-state index in [1.54, 1.807) is 11.9 Å². The van der Waals surface area contributed by atoms with Crippen LogP contribution in [0, 0.1) is 11.8 Å². The van der Waals surface area contributed by atoms with Gasteiger partial charge in [-0.3, -0.25) is 19.3 Å². The second kappa shape index (κ2) is 13.8. The minimum atomic E-state index is -0.121. The Hall–Kier alpha value is -1.43. The minimum Gasteiger partial charge on any atom is -0.355 e. The molecule has 0 unspecified atom stereocenters. The van der Waals surface area contributed by atoms with Gasteiger partial charge in [0.05, 0.1) is 13.1 Å². The average Bonchev–Trinajstić information content (AvgIpc) is 2.50. The molecule has 25 heavy (non-hydrogen) atoms. The number of amides is 2. The van der Waals surface area contributed by atoms with E-state index in [1.807, 2.05) is 13.8 Å². The molecular weight excluding hydrogens is 318 g/mol. The molecule has 0 aromatic carbocycles. The van der Waals surface area contributed by atoms with Gasteiger partial charge in [-0.2, -0.15) is 0 Å². The van der Waals surface area contributed by atoms with Gasteiger partial charge in [-0.25, -0.2) is 0 Å². The van der Waals surface area contributed by atoms with Gasteiger partial charge in [0, 0.05) is 25.4 Å². The van der Waals surface area contributed by atoms with E-state index in [1.165, 1.54) is 6.42 Å². The standard InChI is InChI=1S/C19H37N3O3/c1-15(2)9-6-7-11-20-18(24)13-22(5)14-19(25)21-12-8-10-17(23)16(3)4/h15-16H,6-14H2,1-5H3,(H,20,24)(H,21,25). The molecule has 0 saturated heterocycles. The first-order valence-corrected chi connectivity index (χ1v) is 9.47. The number of carbonyl (C=O) groups is 3. The molecule has 2 amide bonds. The first-order chi connectivity index (χ1) is 11.7. The molecule has 6 nitrogen and oxygen atoms in total. The Morgan fingerprint density at radius 1 is 0.840 bits per heavy atom. The van der Waals surface area contributed by atoms with Crippen LogP contribution in [0.15, 0.2) is 0 Å². The highest BCUT2D eigenvalue weighted by Gasteiger charge is 2.11. The predicted octanol–water partition coefficient (Wildman–Crippen LogP) is 1.98. The van der Waals surface area contributed by atoms with Crippen LogP contribution in [0.4, 0.5) is 0 Å². The molecular formula is C19H37N3O3. The predicted molar refractivity (Wildman–Crippen MR) is 101 cm³/mol. The zero-order valence-corrected chi connectivity index (χ0v) is 16.7. The van der Waals surface area contributed by atoms with E-state index in [0.29, 0.717) is 31.8 Å². The Balaban J connectivity index is 3.72. The number of rotatable bonds is 14. The highest BCUT2D eigenvalue weighted by Crippen LogP contribution is 2.05. The van der Waals surface area contributed by atoms with Gasteiger partial charge in [0.1, 0.15) is 5.78 Å². The summed E-state index contributed by atoms with van der Waals surface area (Å²) >= 11 is 0. The van der Waals surface area contributed by atoms with Gasteiger partial charge in [0.25, 0.3) is 0 Å². The van der Waals surface area contributed by atoms with E-state index in [4.69, 9.17) is 0 Å². The summed E-state index contributed by atoms with van der Waals surface area (Å²) in [6.07, 6.45) is 4.44. The fraction of sp³-hybridized carbons (Fsp3) is 0.842. The Morgan fingerprint density at radius 2 is 1.36 bits per heavy atom. The van der Waals surface area contributed by atoms with Gasteiger partial charge in [-0.05, 0) is 25.8 Å². The first kappa shape index (κ1) is 23.6. The number of Topliss-reactive ketones (excluding diaryl/α,β-unsaturated/α-hetero) is 1. The number of ketones is 1. The summed E-state index contributed by atoms with van der Waals surface area (Å²) in [6.45, 7) is 9.73. The second-order valence-corrected chi connectivity index (χ2v) is 7.49. The summed E-state index contributed by atoms with van der Waals surface area (Å²) in [4.78, 5) is 36.8. The van der Waals surface area contributed by atoms with Crippen LogP contribution in [0.25, 0.3) is 0 Å². The minimum absolute atomic E-state index is 0.0470. The zero-order valence-electron chi connectivity index (χ0n) is 16.7. The van der Waals surface area contributed by atoms with Crippen molar-refractivity contribution in [3.05, 3.63) is 0 Å². The number of hydrogen-bond acceptors (Lipinski definition) is 4. The van der Waals surface area contributed by atoms with Crippen LogP contribution in [0.1, 0.15) is 59.8 Å². The van der Waals surface area contributed by atoms with E-state index in [9.17, 15) is 14.4 Å². The van der Waals surface area contributed by atoms with E-state index >= 15 is 0 Å². The molecule has 0 bridgehead atoms. The molecule has 0 aromatic rings. The maximum Gasteiger partial charge on any atom is 0.234 e. The molecule has 2 N–H and O–H groups in total. The first-order valence-electron chi connectivity index (χ1n) is 9.47. The number of unbranched alkanes of at least 4 members (excludes halogenated alkanes) is 1. The smallest absolute Gasteiger partial charge is 0.234 e. The zero-order chi connectivity index (χ0) is 19.2. The Bertz CT molecular complexity index is 409. The molecule has 0 heterocycles. The molecule has 0 spiro atoms. The molecule has 0 aliphatic rings. The van der Waals surface area contributed by atoms with E-state index < -0.39 is 0 Å². The van der Waals surface area contributed by atoms with E-state index in [0.717, 1.165) is 12.8 Å². The third kappa shape index (κ3) is 14.6. The molecule has 0 radical (unpaired) electrons.